The van der Waals surface area contributed by atoms with Crippen molar-refractivity contribution in [2.45, 2.75) is 64.5 Å². The van der Waals surface area contributed by atoms with Gasteiger partial charge in [0.1, 0.15) is 0 Å². The predicted octanol–water partition coefficient (Wildman–Crippen LogP) is 2.74. The van der Waals surface area contributed by atoms with Gasteiger partial charge in [-0.05, 0) is 38.6 Å². The standard InChI is InChI=1S/C14H29NO2/c1-3-5-9-16-11-8-13(15-4-2)12-14-7-6-10-17-14/h13-15H,3-12H2,1-2H3. The molecule has 1 N–H and O–H groups in total. The van der Waals surface area contributed by atoms with Crippen molar-refractivity contribution < 1.29 is 9.47 Å². The van der Waals surface area contributed by atoms with Gasteiger partial charge in [0.2, 0.25) is 0 Å². The lowest BCUT2D eigenvalue weighted by atomic mass is 10.0. The molecule has 0 bridgehead atoms. The van der Waals surface area contributed by atoms with E-state index in [1.165, 1.54) is 25.7 Å². The third kappa shape index (κ3) is 7.02. The minimum absolute atomic E-state index is 0.481. The smallest absolute Gasteiger partial charge is 0.0590 e. The summed E-state index contributed by atoms with van der Waals surface area (Å²) in [4.78, 5) is 0. The Bertz CT molecular complexity index is 170. The molecular formula is C14H29NO2. The molecule has 0 aromatic heterocycles. The van der Waals surface area contributed by atoms with Crippen LogP contribution in [-0.4, -0.2) is 38.5 Å². The summed E-state index contributed by atoms with van der Waals surface area (Å²) < 4.78 is 11.3. The van der Waals surface area contributed by atoms with E-state index in [0.717, 1.165) is 39.2 Å². The minimum atomic E-state index is 0.481. The molecule has 0 aromatic rings. The summed E-state index contributed by atoms with van der Waals surface area (Å²) >= 11 is 0. The van der Waals surface area contributed by atoms with E-state index in [4.69, 9.17) is 9.47 Å². The van der Waals surface area contributed by atoms with Crippen molar-refractivity contribution in [3.63, 3.8) is 0 Å². The van der Waals surface area contributed by atoms with E-state index >= 15 is 0 Å². The van der Waals surface area contributed by atoms with Crippen molar-refractivity contribution in [3.8, 4) is 0 Å². The van der Waals surface area contributed by atoms with Crippen LogP contribution in [0.5, 0.6) is 0 Å². The molecule has 1 heterocycles. The highest BCUT2D eigenvalue weighted by molar-refractivity contribution is 4.74. The molecule has 0 amide bonds. The molecule has 3 heteroatoms. The fourth-order valence-corrected chi connectivity index (χ4v) is 2.31. The van der Waals surface area contributed by atoms with Crippen molar-refractivity contribution >= 4 is 0 Å². The normalized spacial score (nSPS) is 21.9. The van der Waals surface area contributed by atoms with Gasteiger partial charge >= 0.3 is 0 Å². The van der Waals surface area contributed by atoms with E-state index in [1.54, 1.807) is 0 Å². The number of rotatable bonds is 10. The maximum absolute atomic E-state index is 5.69. The van der Waals surface area contributed by atoms with E-state index in [-0.39, 0.29) is 0 Å². The van der Waals surface area contributed by atoms with Gasteiger partial charge in [0.05, 0.1) is 6.10 Å². The zero-order valence-electron chi connectivity index (χ0n) is 11.5. The van der Waals surface area contributed by atoms with E-state index in [9.17, 15) is 0 Å². The van der Waals surface area contributed by atoms with Crippen LogP contribution in [0.15, 0.2) is 0 Å². The summed E-state index contributed by atoms with van der Waals surface area (Å²) in [5, 5.41) is 3.54. The topological polar surface area (TPSA) is 30.5 Å². The fourth-order valence-electron chi connectivity index (χ4n) is 2.31. The molecule has 102 valence electrons. The van der Waals surface area contributed by atoms with Crippen LogP contribution in [0.3, 0.4) is 0 Å². The van der Waals surface area contributed by atoms with Crippen molar-refractivity contribution in [1.29, 1.82) is 0 Å². The van der Waals surface area contributed by atoms with E-state index < -0.39 is 0 Å². The van der Waals surface area contributed by atoms with Crippen LogP contribution in [0, 0.1) is 0 Å². The molecule has 1 aliphatic heterocycles. The Balaban J connectivity index is 2.08. The summed E-state index contributed by atoms with van der Waals surface area (Å²) in [6.45, 7) is 8.14. The molecule has 2 atom stereocenters. The number of ether oxygens (including phenoxy) is 2. The number of hydrogen-bond donors (Lipinski definition) is 1. The molecule has 3 nitrogen and oxygen atoms in total. The third-order valence-corrected chi connectivity index (χ3v) is 3.32. The first-order valence-electron chi connectivity index (χ1n) is 7.29. The minimum Gasteiger partial charge on any atom is -0.381 e. The van der Waals surface area contributed by atoms with Gasteiger partial charge in [-0.25, -0.2) is 0 Å². The summed E-state index contributed by atoms with van der Waals surface area (Å²) in [5.74, 6) is 0. The second-order valence-electron chi connectivity index (χ2n) is 4.88. The summed E-state index contributed by atoms with van der Waals surface area (Å²) in [6.07, 6.45) is 7.59. The van der Waals surface area contributed by atoms with E-state index in [2.05, 4.69) is 19.2 Å². The number of nitrogens with one attached hydrogen (secondary N) is 1. The fraction of sp³-hybridized carbons (Fsp3) is 1.00. The lowest BCUT2D eigenvalue weighted by Crippen LogP contribution is -2.33. The first-order valence-corrected chi connectivity index (χ1v) is 7.29. The maximum atomic E-state index is 5.69. The highest BCUT2D eigenvalue weighted by Crippen LogP contribution is 2.18. The molecule has 17 heavy (non-hydrogen) atoms. The monoisotopic (exact) mass is 243 g/mol. The third-order valence-electron chi connectivity index (χ3n) is 3.32. The van der Waals surface area contributed by atoms with Crippen LogP contribution in [0.2, 0.25) is 0 Å². The Morgan fingerprint density at radius 3 is 2.88 bits per heavy atom. The molecule has 1 fully saturated rings. The van der Waals surface area contributed by atoms with Gasteiger partial charge in [-0.1, -0.05) is 20.3 Å². The lowest BCUT2D eigenvalue weighted by molar-refractivity contribution is 0.0819. The van der Waals surface area contributed by atoms with Gasteiger partial charge in [0.15, 0.2) is 0 Å². The van der Waals surface area contributed by atoms with Gasteiger partial charge in [0, 0.05) is 25.9 Å². The second kappa shape index (κ2) is 9.86. The molecule has 1 saturated heterocycles. The first-order chi connectivity index (χ1) is 8.36. The van der Waals surface area contributed by atoms with Gasteiger partial charge in [0.25, 0.3) is 0 Å². The van der Waals surface area contributed by atoms with Gasteiger partial charge < -0.3 is 14.8 Å². The zero-order valence-corrected chi connectivity index (χ0v) is 11.5. The number of hydrogen-bond acceptors (Lipinski definition) is 3. The average Bonchev–Trinajstić information content (AvgIpc) is 2.82. The van der Waals surface area contributed by atoms with Crippen molar-refractivity contribution in [2.75, 3.05) is 26.4 Å². The highest BCUT2D eigenvalue weighted by Gasteiger charge is 2.20. The quantitative estimate of drug-likeness (QED) is 0.598. The first kappa shape index (κ1) is 14.9. The van der Waals surface area contributed by atoms with Gasteiger partial charge in [-0.15, -0.1) is 0 Å². The van der Waals surface area contributed by atoms with Gasteiger partial charge in [-0.3, -0.25) is 0 Å². The molecule has 0 aliphatic carbocycles. The van der Waals surface area contributed by atoms with Crippen LogP contribution >= 0.6 is 0 Å². The summed E-state index contributed by atoms with van der Waals surface area (Å²) in [7, 11) is 0. The maximum Gasteiger partial charge on any atom is 0.0590 e. The molecule has 0 aromatic carbocycles. The van der Waals surface area contributed by atoms with E-state index in [0.29, 0.717) is 12.1 Å². The van der Waals surface area contributed by atoms with Crippen LogP contribution in [0.4, 0.5) is 0 Å². The highest BCUT2D eigenvalue weighted by atomic mass is 16.5. The van der Waals surface area contributed by atoms with Crippen molar-refractivity contribution in [1.82, 2.24) is 5.32 Å². The Morgan fingerprint density at radius 2 is 2.24 bits per heavy atom. The molecule has 2 unspecified atom stereocenters. The van der Waals surface area contributed by atoms with Crippen molar-refractivity contribution in [2.24, 2.45) is 0 Å². The molecule has 0 saturated carbocycles. The van der Waals surface area contributed by atoms with Crippen LogP contribution < -0.4 is 5.32 Å². The molecule has 0 radical (unpaired) electrons. The molecular weight excluding hydrogens is 214 g/mol. The average molecular weight is 243 g/mol. The molecule has 0 spiro atoms. The van der Waals surface area contributed by atoms with Gasteiger partial charge in [-0.2, -0.15) is 0 Å². The molecule has 1 aliphatic rings. The summed E-state index contributed by atoms with van der Waals surface area (Å²) in [5.41, 5.74) is 0. The van der Waals surface area contributed by atoms with Crippen LogP contribution in [0.25, 0.3) is 0 Å². The molecule has 1 rings (SSSR count). The lowest BCUT2D eigenvalue weighted by Gasteiger charge is -2.21. The number of unbranched alkanes of at least 4 members (excludes halogenated alkanes) is 1. The Kier molecular flexibility index (Phi) is 8.67. The van der Waals surface area contributed by atoms with E-state index in [1.807, 2.05) is 0 Å². The Hall–Kier alpha value is -0.120. The SMILES string of the molecule is CCCCOCCC(CC1CCCO1)NCC. The largest absolute Gasteiger partial charge is 0.381 e. The zero-order chi connectivity index (χ0) is 12.3. The summed E-state index contributed by atoms with van der Waals surface area (Å²) in [6, 6.07) is 0.560. The van der Waals surface area contributed by atoms with Crippen molar-refractivity contribution in [3.05, 3.63) is 0 Å². The van der Waals surface area contributed by atoms with Crippen LogP contribution in [0.1, 0.15) is 52.4 Å². The Labute approximate surface area is 106 Å². The Morgan fingerprint density at radius 1 is 1.35 bits per heavy atom. The predicted molar refractivity (Wildman–Crippen MR) is 71.4 cm³/mol. The second-order valence-corrected chi connectivity index (χ2v) is 4.88. The van der Waals surface area contributed by atoms with Crippen LogP contribution in [-0.2, 0) is 9.47 Å².